The number of carbonyl (C=O) groups excluding carboxylic acids is 1. The van der Waals surface area contributed by atoms with E-state index in [0.717, 1.165) is 15.8 Å². The van der Waals surface area contributed by atoms with Crippen LogP contribution in [0.3, 0.4) is 0 Å². The van der Waals surface area contributed by atoms with Crippen LogP contribution in [-0.4, -0.2) is 27.3 Å². The standard InChI is InChI=1S/C16H14ClN5OS/c1-8-3-11(24-2)5-12-13(8)21-22-15(16(18)23)14(12)20-10-4-9(17)6-19-7-10/h3-7H,1-2H3,(H2,18,23)(H,20,21). The lowest BCUT2D eigenvalue weighted by Crippen LogP contribution is -2.17. The van der Waals surface area contributed by atoms with Gasteiger partial charge in [0, 0.05) is 16.5 Å². The van der Waals surface area contributed by atoms with Crippen molar-refractivity contribution in [3.63, 3.8) is 0 Å². The number of pyridine rings is 1. The molecule has 0 spiro atoms. The molecule has 3 rings (SSSR count). The number of benzene rings is 1. The van der Waals surface area contributed by atoms with Crippen molar-refractivity contribution in [1.29, 1.82) is 0 Å². The first-order chi connectivity index (χ1) is 11.5. The topological polar surface area (TPSA) is 93.8 Å². The Kier molecular flexibility index (Phi) is 4.55. The monoisotopic (exact) mass is 359 g/mol. The summed E-state index contributed by atoms with van der Waals surface area (Å²) < 4.78 is 0. The molecule has 2 aromatic heterocycles. The molecule has 0 aliphatic rings. The second kappa shape index (κ2) is 6.62. The lowest BCUT2D eigenvalue weighted by molar-refractivity contribution is 0.0995. The van der Waals surface area contributed by atoms with Crippen LogP contribution in [0.4, 0.5) is 11.4 Å². The maximum Gasteiger partial charge on any atom is 0.271 e. The molecule has 3 N–H and O–H groups in total. The van der Waals surface area contributed by atoms with Gasteiger partial charge in [-0.15, -0.1) is 22.0 Å². The summed E-state index contributed by atoms with van der Waals surface area (Å²) in [5, 5.41) is 12.6. The molecule has 3 aromatic rings. The van der Waals surface area contributed by atoms with Crippen LogP contribution in [0.1, 0.15) is 16.1 Å². The van der Waals surface area contributed by atoms with Crippen molar-refractivity contribution in [2.24, 2.45) is 5.73 Å². The molecule has 0 fully saturated rings. The van der Waals surface area contributed by atoms with E-state index in [0.29, 0.717) is 21.9 Å². The summed E-state index contributed by atoms with van der Waals surface area (Å²) >= 11 is 7.58. The number of hydrogen-bond donors (Lipinski definition) is 2. The van der Waals surface area contributed by atoms with Gasteiger partial charge in [-0.25, -0.2) is 0 Å². The third-order valence-electron chi connectivity index (χ3n) is 3.47. The molecule has 0 unspecified atom stereocenters. The Morgan fingerprint density at radius 2 is 2.04 bits per heavy atom. The number of anilines is 2. The zero-order chi connectivity index (χ0) is 17.3. The molecule has 122 valence electrons. The molecule has 0 atom stereocenters. The van der Waals surface area contributed by atoms with Crippen molar-refractivity contribution in [1.82, 2.24) is 15.2 Å². The summed E-state index contributed by atoms with van der Waals surface area (Å²) in [6.07, 6.45) is 5.12. The van der Waals surface area contributed by atoms with Crippen LogP contribution in [-0.2, 0) is 0 Å². The largest absolute Gasteiger partial charge is 0.364 e. The van der Waals surface area contributed by atoms with Crippen molar-refractivity contribution < 1.29 is 4.79 Å². The van der Waals surface area contributed by atoms with Crippen molar-refractivity contribution in [3.05, 3.63) is 46.9 Å². The van der Waals surface area contributed by atoms with Crippen molar-refractivity contribution in [3.8, 4) is 0 Å². The van der Waals surface area contributed by atoms with Crippen molar-refractivity contribution >= 4 is 51.5 Å². The van der Waals surface area contributed by atoms with Gasteiger partial charge in [-0.3, -0.25) is 9.78 Å². The highest BCUT2D eigenvalue weighted by molar-refractivity contribution is 7.98. The molecule has 0 radical (unpaired) electrons. The zero-order valence-electron chi connectivity index (χ0n) is 13.0. The molecule has 1 amide bonds. The van der Waals surface area contributed by atoms with E-state index in [1.165, 1.54) is 6.20 Å². The number of aryl methyl sites for hydroxylation is 1. The molecule has 24 heavy (non-hydrogen) atoms. The van der Waals surface area contributed by atoms with Gasteiger partial charge >= 0.3 is 0 Å². The van der Waals surface area contributed by atoms with E-state index in [9.17, 15) is 4.79 Å². The molecule has 6 nitrogen and oxygen atoms in total. The lowest BCUT2D eigenvalue weighted by Gasteiger charge is -2.14. The number of nitrogens with zero attached hydrogens (tertiary/aromatic N) is 3. The number of primary amides is 1. The Labute approximate surface area is 147 Å². The quantitative estimate of drug-likeness (QED) is 0.692. The number of rotatable bonds is 4. The average Bonchev–Trinajstić information content (AvgIpc) is 2.55. The summed E-state index contributed by atoms with van der Waals surface area (Å²) in [5.41, 5.74) is 8.34. The highest BCUT2D eigenvalue weighted by Gasteiger charge is 2.17. The normalized spacial score (nSPS) is 10.8. The molecule has 0 aliphatic carbocycles. The summed E-state index contributed by atoms with van der Waals surface area (Å²) in [7, 11) is 0. The number of carbonyl (C=O) groups is 1. The van der Waals surface area contributed by atoms with Gasteiger partial charge in [0.05, 0.1) is 28.1 Å². The Morgan fingerprint density at radius 1 is 1.25 bits per heavy atom. The van der Waals surface area contributed by atoms with E-state index in [1.807, 2.05) is 25.3 Å². The summed E-state index contributed by atoms with van der Waals surface area (Å²) in [4.78, 5) is 16.9. The van der Waals surface area contributed by atoms with E-state index in [2.05, 4.69) is 20.5 Å². The SMILES string of the molecule is CSc1cc(C)c2nnc(C(N)=O)c(Nc3cncc(Cl)c3)c2c1. The average molecular weight is 360 g/mol. The smallest absolute Gasteiger partial charge is 0.271 e. The number of fused-ring (bicyclic) bond motifs is 1. The highest BCUT2D eigenvalue weighted by atomic mass is 35.5. The van der Waals surface area contributed by atoms with Gasteiger partial charge < -0.3 is 11.1 Å². The molecule has 0 saturated carbocycles. The van der Waals surface area contributed by atoms with E-state index in [1.54, 1.807) is 24.0 Å². The van der Waals surface area contributed by atoms with Crippen LogP contribution < -0.4 is 11.1 Å². The Hall–Kier alpha value is -2.38. The van der Waals surface area contributed by atoms with Crippen LogP contribution in [0, 0.1) is 6.92 Å². The maximum atomic E-state index is 11.8. The number of halogens is 1. The van der Waals surface area contributed by atoms with E-state index >= 15 is 0 Å². The Balaban J connectivity index is 2.27. The minimum atomic E-state index is -0.658. The Bertz CT molecular complexity index is 947. The second-order valence-electron chi connectivity index (χ2n) is 5.15. The van der Waals surface area contributed by atoms with Crippen LogP contribution in [0.2, 0.25) is 5.02 Å². The van der Waals surface area contributed by atoms with Crippen molar-refractivity contribution in [2.75, 3.05) is 11.6 Å². The summed E-state index contributed by atoms with van der Waals surface area (Å²) in [5.74, 6) is -0.658. The number of nitrogens with one attached hydrogen (secondary N) is 1. The molecular formula is C16H14ClN5OS. The molecule has 2 heterocycles. The first-order valence-electron chi connectivity index (χ1n) is 7.02. The lowest BCUT2D eigenvalue weighted by atomic mass is 10.1. The van der Waals surface area contributed by atoms with E-state index in [-0.39, 0.29) is 5.69 Å². The van der Waals surface area contributed by atoms with Crippen molar-refractivity contribution in [2.45, 2.75) is 11.8 Å². The van der Waals surface area contributed by atoms with Gasteiger partial charge in [0.2, 0.25) is 0 Å². The van der Waals surface area contributed by atoms with Gasteiger partial charge in [0.25, 0.3) is 5.91 Å². The molecule has 0 aliphatic heterocycles. The number of hydrogen-bond acceptors (Lipinski definition) is 6. The van der Waals surface area contributed by atoms with Gasteiger partial charge in [-0.2, -0.15) is 0 Å². The van der Waals surface area contributed by atoms with E-state index < -0.39 is 5.91 Å². The van der Waals surface area contributed by atoms with Gasteiger partial charge in [0.1, 0.15) is 0 Å². The summed E-state index contributed by atoms with van der Waals surface area (Å²) in [6.45, 7) is 1.95. The van der Waals surface area contributed by atoms with Gasteiger partial charge in [-0.1, -0.05) is 11.6 Å². The number of nitrogens with two attached hydrogens (primary N) is 1. The fourth-order valence-electron chi connectivity index (χ4n) is 2.39. The van der Waals surface area contributed by atoms with Gasteiger partial charge in [0.15, 0.2) is 5.69 Å². The molecule has 0 saturated heterocycles. The fourth-order valence-corrected chi connectivity index (χ4v) is 3.09. The fraction of sp³-hybridized carbons (Fsp3) is 0.125. The molecule has 8 heteroatoms. The van der Waals surface area contributed by atoms with E-state index in [4.69, 9.17) is 17.3 Å². The second-order valence-corrected chi connectivity index (χ2v) is 6.46. The first kappa shape index (κ1) is 16.5. The number of thioether (sulfide) groups is 1. The summed E-state index contributed by atoms with van der Waals surface area (Å²) in [6, 6.07) is 5.68. The predicted octanol–water partition coefficient (Wildman–Crippen LogP) is 3.55. The van der Waals surface area contributed by atoms with Crippen LogP contribution in [0.15, 0.2) is 35.5 Å². The van der Waals surface area contributed by atoms with Crippen LogP contribution >= 0.6 is 23.4 Å². The number of amides is 1. The molecule has 1 aromatic carbocycles. The third kappa shape index (κ3) is 3.13. The third-order valence-corrected chi connectivity index (χ3v) is 4.39. The highest BCUT2D eigenvalue weighted by Crippen LogP contribution is 2.32. The molecular weight excluding hydrogens is 346 g/mol. The number of aromatic nitrogens is 3. The maximum absolute atomic E-state index is 11.8. The minimum Gasteiger partial charge on any atom is -0.364 e. The van der Waals surface area contributed by atoms with Crippen LogP contribution in [0.25, 0.3) is 10.9 Å². The first-order valence-corrected chi connectivity index (χ1v) is 8.62. The minimum absolute atomic E-state index is 0.0696. The zero-order valence-corrected chi connectivity index (χ0v) is 14.6. The molecule has 0 bridgehead atoms. The predicted molar refractivity (Wildman–Crippen MR) is 97.1 cm³/mol. The van der Waals surface area contributed by atoms with Gasteiger partial charge in [-0.05, 0) is 36.9 Å². The van der Waals surface area contributed by atoms with Crippen LogP contribution in [0.5, 0.6) is 0 Å². The Morgan fingerprint density at radius 3 is 2.71 bits per heavy atom.